The van der Waals surface area contributed by atoms with Crippen molar-refractivity contribution in [2.45, 2.75) is 26.3 Å². The molecule has 1 heterocycles. The van der Waals surface area contributed by atoms with Gasteiger partial charge in [-0.15, -0.1) is 11.3 Å². The van der Waals surface area contributed by atoms with Crippen molar-refractivity contribution in [3.05, 3.63) is 93.2 Å². The largest absolute Gasteiger partial charge is 0.342 e. The summed E-state index contributed by atoms with van der Waals surface area (Å²) in [6.07, 6.45) is 4.08. The van der Waals surface area contributed by atoms with E-state index in [4.69, 9.17) is 0 Å². The summed E-state index contributed by atoms with van der Waals surface area (Å²) in [5.74, 6) is -0.583. The zero-order chi connectivity index (χ0) is 19.2. The second-order valence-electron chi connectivity index (χ2n) is 6.22. The third kappa shape index (κ3) is 5.11. The number of benzene rings is 2. The molecule has 0 spiro atoms. The number of halogens is 1. The molecule has 3 nitrogen and oxygen atoms in total. The van der Waals surface area contributed by atoms with Crippen LogP contribution >= 0.6 is 11.3 Å². The maximum Gasteiger partial charge on any atom is 0.244 e. The number of thiazole rings is 1. The smallest absolute Gasteiger partial charge is 0.244 e. The summed E-state index contributed by atoms with van der Waals surface area (Å²) in [4.78, 5) is 16.8. The molecule has 0 saturated heterocycles. The van der Waals surface area contributed by atoms with E-state index in [0.29, 0.717) is 5.56 Å². The van der Waals surface area contributed by atoms with Crippen LogP contribution in [0.3, 0.4) is 0 Å². The average Bonchev–Trinajstić information content (AvgIpc) is 3.10. The van der Waals surface area contributed by atoms with E-state index in [2.05, 4.69) is 17.2 Å². The predicted octanol–water partition coefficient (Wildman–Crippen LogP) is 5.07. The van der Waals surface area contributed by atoms with Gasteiger partial charge in [-0.3, -0.25) is 4.79 Å². The van der Waals surface area contributed by atoms with Gasteiger partial charge in [0.15, 0.2) is 0 Å². The minimum Gasteiger partial charge on any atom is -0.342 e. The molecule has 27 heavy (non-hydrogen) atoms. The zero-order valence-corrected chi connectivity index (χ0v) is 16.1. The van der Waals surface area contributed by atoms with Gasteiger partial charge < -0.3 is 5.32 Å². The quantitative estimate of drug-likeness (QED) is 0.607. The van der Waals surface area contributed by atoms with E-state index in [1.54, 1.807) is 12.1 Å². The summed E-state index contributed by atoms with van der Waals surface area (Å²) in [6, 6.07) is 13.9. The summed E-state index contributed by atoms with van der Waals surface area (Å²) in [5, 5.41) is 5.82. The number of amides is 1. The lowest BCUT2D eigenvalue weighted by Gasteiger charge is -2.19. The summed E-state index contributed by atoms with van der Waals surface area (Å²) >= 11 is 1.53. The highest BCUT2D eigenvalue weighted by Crippen LogP contribution is 2.23. The van der Waals surface area contributed by atoms with Crippen LogP contribution in [0.1, 0.15) is 40.4 Å². The van der Waals surface area contributed by atoms with Gasteiger partial charge in [-0.2, -0.15) is 0 Å². The van der Waals surface area contributed by atoms with Crippen LogP contribution in [-0.4, -0.2) is 10.9 Å². The van der Waals surface area contributed by atoms with E-state index >= 15 is 0 Å². The molecule has 0 saturated carbocycles. The number of carbonyl (C=O) groups is 1. The molecule has 5 heteroatoms. The number of carbonyl (C=O) groups excluding carboxylic acids is 1. The fraction of sp³-hybridized carbons (Fsp3) is 0.182. The molecule has 0 fully saturated rings. The molecule has 0 aliphatic carbocycles. The van der Waals surface area contributed by atoms with E-state index in [-0.39, 0.29) is 11.7 Å². The summed E-state index contributed by atoms with van der Waals surface area (Å²) < 4.78 is 13.7. The van der Waals surface area contributed by atoms with Crippen molar-refractivity contribution in [3.8, 4) is 0 Å². The topological polar surface area (TPSA) is 42.0 Å². The normalized spacial score (nSPS) is 12.3. The van der Waals surface area contributed by atoms with Crippen molar-refractivity contribution in [2.24, 2.45) is 0 Å². The number of nitrogens with zero attached hydrogens (tertiary/aromatic N) is 1. The molecule has 3 rings (SSSR count). The SMILES string of the molecule is CCc1ccc(C(NC(=O)C=Cc2csc(C)n2)c2cccc(F)c2)cc1. The monoisotopic (exact) mass is 380 g/mol. The van der Waals surface area contributed by atoms with Gasteiger partial charge >= 0.3 is 0 Å². The molecule has 0 bridgehead atoms. The predicted molar refractivity (Wildman–Crippen MR) is 108 cm³/mol. The summed E-state index contributed by atoms with van der Waals surface area (Å²) in [7, 11) is 0. The molecule has 1 atom stereocenters. The van der Waals surface area contributed by atoms with Crippen LogP contribution in [0.5, 0.6) is 0 Å². The lowest BCUT2D eigenvalue weighted by atomic mass is 9.97. The number of aromatic nitrogens is 1. The lowest BCUT2D eigenvalue weighted by Crippen LogP contribution is -2.27. The van der Waals surface area contributed by atoms with Gasteiger partial charge in [-0.05, 0) is 48.2 Å². The fourth-order valence-electron chi connectivity index (χ4n) is 2.80. The number of hydrogen-bond acceptors (Lipinski definition) is 3. The van der Waals surface area contributed by atoms with Crippen LogP contribution in [0.4, 0.5) is 4.39 Å². The van der Waals surface area contributed by atoms with Gasteiger partial charge in [0.05, 0.1) is 16.7 Å². The van der Waals surface area contributed by atoms with Crippen LogP contribution in [0.15, 0.2) is 60.0 Å². The highest BCUT2D eigenvalue weighted by Gasteiger charge is 2.16. The molecule has 1 unspecified atom stereocenters. The van der Waals surface area contributed by atoms with Gasteiger partial charge in [0.25, 0.3) is 0 Å². The van der Waals surface area contributed by atoms with Crippen LogP contribution in [0.25, 0.3) is 6.08 Å². The number of rotatable bonds is 6. The second kappa shape index (κ2) is 8.73. The van der Waals surface area contributed by atoms with Crippen LogP contribution < -0.4 is 5.32 Å². The third-order valence-corrected chi connectivity index (χ3v) is 5.02. The van der Waals surface area contributed by atoms with Gasteiger partial charge in [-0.25, -0.2) is 9.37 Å². The van der Waals surface area contributed by atoms with Crippen molar-refractivity contribution < 1.29 is 9.18 Å². The average molecular weight is 380 g/mol. The Kier molecular flexibility index (Phi) is 6.14. The number of hydrogen-bond donors (Lipinski definition) is 1. The first kappa shape index (κ1) is 19.0. The Morgan fingerprint density at radius 1 is 1.22 bits per heavy atom. The number of aryl methyl sites for hydroxylation is 2. The summed E-state index contributed by atoms with van der Waals surface area (Å²) in [6.45, 7) is 4.01. The highest BCUT2D eigenvalue weighted by molar-refractivity contribution is 7.09. The van der Waals surface area contributed by atoms with Crippen molar-refractivity contribution >= 4 is 23.3 Å². The van der Waals surface area contributed by atoms with Crippen molar-refractivity contribution in [2.75, 3.05) is 0 Å². The first-order valence-corrected chi connectivity index (χ1v) is 9.68. The van der Waals surface area contributed by atoms with Crippen LogP contribution in [-0.2, 0) is 11.2 Å². The molecule has 3 aromatic rings. The first-order chi connectivity index (χ1) is 13.0. The molecular formula is C22H21FN2OS. The molecule has 1 amide bonds. The van der Waals surface area contributed by atoms with E-state index < -0.39 is 6.04 Å². The molecule has 138 valence electrons. The Labute approximate surface area is 162 Å². The Bertz CT molecular complexity index is 947. The highest BCUT2D eigenvalue weighted by atomic mass is 32.1. The standard InChI is InChI=1S/C22H21FN2OS/c1-3-16-7-9-17(10-8-16)22(18-5-4-6-19(23)13-18)25-21(26)12-11-20-14-27-15(2)24-20/h4-14,22H,3H2,1-2H3,(H,25,26). The maximum atomic E-state index is 13.7. The first-order valence-electron chi connectivity index (χ1n) is 8.80. The molecule has 1 N–H and O–H groups in total. The van der Waals surface area contributed by atoms with Gasteiger partial charge in [0, 0.05) is 11.5 Å². The second-order valence-corrected chi connectivity index (χ2v) is 7.28. The van der Waals surface area contributed by atoms with E-state index in [0.717, 1.165) is 22.7 Å². The number of nitrogens with one attached hydrogen (secondary N) is 1. The maximum absolute atomic E-state index is 13.7. The van der Waals surface area contributed by atoms with Crippen molar-refractivity contribution in [1.29, 1.82) is 0 Å². The van der Waals surface area contributed by atoms with Crippen LogP contribution in [0, 0.1) is 12.7 Å². The minimum absolute atomic E-state index is 0.255. The molecular weight excluding hydrogens is 359 g/mol. The molecule has 0 aliphatic rings. The van der Waals surface area contributed by atoms with Gasteiger partial charge in [0.2, 0.25) is 5.91 Å². The fourth-order valence-corrected chi connectivity index (χ4v) is 3.38. The van der Waals surface area contributed by atoms with Gasteiger partial charge in [0.1, 0.15) is 5.82 Å². The Balaban J connectivity index is 1.84. The van der Waals surface area contributed by atoms with E-state index in [1.165, 1.54) is 35.1 Å². The molecule has 0 aliphatic heterocycles. The van der Waals surface area contributed by atoms with E-state index in [1.807, 2.05) is 42.6 Å². The van der Waals surface area contributed by atoms with Gasteiger partial charge in [-0.1, -0.05) is 43.3 Å². The van der Waals surface area contributed by atoms with Crippen molar-refractivity contribution in [1.82, 2.24) is 10.3 Å². The lowest BCUT2D eigenvalue weighted by molar-refractivity contribution is -0.116. The molecule has 1 aromatic heterocycles. The Hall–Kier alpha value is -2.79. The minimum atomic E-state index is -0.430. The summed E-state index contributed by atoms with van der Waals surface area (Å²) in [5.41, 5.74) is 3.57. The van der Waals surface area contributed by atoms with E-state index in [9.17, 15) is 9.18 Å². The van der Waals surface area contributed by atoms with Crippen LogP contribution in [0.2, 0.25) is 0 Å². The third-order valence-electron chi connectivity index (χ3n) is 4.23. The Morgan fingerprint density at radius 3 is 2.63 bits per heavy atom. The van der Waals surface area contributed by atoms with Crippen molar-refractivity contribution in [3.63, 3.8) is 0 Å². The molecule has 0 radical (unpaired) electrons. The zero-order valence-electron chi connectivity index (χ0n) is 15.3. The molecule has 2 aromatic carbocycles. The Morgan fingerprint density at radius 2 is 2.00 bits per heavy atom.